The van der Waals surface area contributed by atoms with Gasteiger partial charge in [0, 0.05) is 18.0 Å². The normalized spacial score (nSPS) is 25.7. The van der Waals surface area contributed by atoms with Crippen LogP contribution in [0.5, 0.6) is 0 Å². The molecule has 2 atom stereocenters. The Kier molecular flexibility index (Phi) is 2.78. The predicted octanol–water partition coefficient (Wildman–Crippen LogP) is 1.99. The molecule has 0 aliphatic carbocycles. The molecule has 17 heavy (non-hydrogen) atoms. The van der Waals surface area contributed by atoms with Gasteiger partial charge in [-0.3, -0.25) is 4.79 Å². The molecule has 1 saturated heterocycles. The van der Waals surface area contributed by atoms with Gasteiger partial charge in [0.2, 0.25) is 5.91 Å². The Morgan fingerprint density at radius 3 is 2.53 bits per heavy atom. The lowest BCUT2D eigenvalue weighted by Gasteiger charge is -2.37. The molecule has 2 rings (SSSR count). The molecule has 1 aromatic heterocycles. The van der Waals surface area contributed by atoms with Crippen molar-refractivity contribution >= 4 is 5.91 Å². The van der Waals surface area contributed by atoms with Crippen molar-refractivity contribution in [3.8, 4) is 0 Å². The largest absolute Gasteiger partial charge is 0.464 e. The first-order valence-corrected chi connectivity index (χ1v) is 5.95. The van der Waals surface area contributed by atoms with E-state index in [-0.39, 0.29) is 23.5 Å². The maximum Gasteiger partial charge on any atom is 0.225 e. The zero-order chi connectivity index (χ0) is 12.8. The average molecular weight is 236 g/mol. The Morgan fingerprint density at radius 1 is 1.41 bits per heavy atom. The molecule has 1 aromatic rings. The maximum atomic E-state index is 12.0. The molecule has 0 saturated carbocycles. The van der Waals surface area contributed by atoms with Crippen LogP contribution in [-0.4, -0.2) is 22.4 Å². The number of carbonyl (C=O) groups is 1. The summed E-state index contributed by atoms with van der Waals surface area (Å²) in [5.41, 5.74) is 5.84. The second kappa shape index (κ2) is 3.88. The summed E-state index contributed by atoms with van der Waals surface area (Å²) in [5, 5.41) is 0. The summed E-state index contributed by atoms with van der Waals surface area (Å²) in [6.07, 6.45) is 0.391. The van der Waals surface area contributed by atoms with E-state index in [2.05, 4.69) is 0 Å². The van der Waals surface area contributed by atoms with Crippen LogP contribution in [0.1, 0.15) is 44.8 Å². The fraction of sp³-hybridized carbons (Fsp3) is 0.615. The van der Waals surface area contributed by atoms with Gasteiger partial charge in [-0.25, -0.2) is 0 Å². The highest BCUT2D eigenvalue weighted by molar-refractivity contribution is 5.81. The number of hydrogen-bond donors (Lipinski definition) is 1. The van der Waals surface area contributed by atoms with E-state index >= 15 is 0 Å². The Hall–Kier alpha value is -1.29. The number of hydrogen-bond acceptors (Lipinski definition) is 3. The third-order valence-electron chi connectivity index (χ3n) is 3.14. The summed E-state index contributed by atoms with van der Waals surface area (Å²) in [6, 6.07) is 3.49. The third kappa shape index (κ3) is 2.09. The molecule has 2 heterocycles. The van der Waals surface area contributed by atoms with E-state index in [1.807, 2.05) is 44.7 Å². The van der Waals surface area contributed by atoms with Crippen molar-refractivity contribution in [2.75, 3.05) is 0 Å². The molecule has 1 aliphatic rings. The van der Waals surface area contributed by atoms with Gasteiger partial charge in [-0.05, 0) is 39.8 Å². The van der Waals surface area contributed by atoms with E-state index in [0.717, 1.165) is 11.5 Å². The first kappa shape index (κ1) is 12.2. The number of rotatable bonds is 1. The summed E-state index contributed by atoms with van der Waals surface area (Å²) in [7, 11) is 0. The van der Waals surface area contributed by atoms with E-state index in [1.54, 1.807) is 0 Å². The van der Waals surface area contributed by atoms with Gasteiger partial charge >= 0.3 is 0 Å². The highest BCUT2D eigenvalue weighted by Crippen LogP contribution is 2.37. The van der Waals surface area contributed by atoms with Crippen LogP contribution >= 0.6 is 0 Å². The molecule has 2 N–H and O–H groups in total. The van der Waals surface area contributed by atoms with Gasteiger partial charge < -0.3 is 15.1 Å². The van der Waals surface area contributed by atoms with Gasteiger partial charge in [-0.1, -0.05) is 0 Å². The molecule has 4 heteroatoms. The average Bonchev–Trinajstić information content (AvgIpc) is 2.68. The minimum atomic E-state index is -0.240. The van der Waals surface area contributed by atoms with E-state index in [9.17, 15) is 4.79 Å². The smallest absolute Gasteiger partial charge is 0.225 e. The summed E-state index contributed by atoms with van der Waals surface area (Å²) < 4.78 is 5.64. The summed E-state index contributed by atoms with van der Waals surface area (Å²) in [6.45, 7) is 7.95. The highest BCUT2D eigenvalue weighted by Gasteiger charge is 2.45. The number of aryl methyl sites for hydroxylation is 1. The van der Waals surface area contributed by atoms with Gasteiger partial charge in [-0.2, -0.15) is 0 Å². The standard InChI is InChI=1S/C13H20N2O2/c1-8-5-6-10(17-8)12-9(14)7-11(16)15(12)13(2,3)4/h5-6,9,12H,7,14H2,1-4H3. The second-order valence-corrected chi connectivity index (χ2v) is 5.70. The fourth-order valence-electron chi connectivity index (χ4n) is 2.50. The van der Waals surface area contributed by atoms with Crippen LogP contribution in [-0.2, 0) is 4.79 Å². The van der Waals surface area contributed by atoms with Crippen LogP contribution < -0.4 is 5.73 Å². The van der Waals surface area contributed by atoms with E-state index in [4.69, 9.17) is 10.2 Å². The molecule has 0 spiro atoms. The monoisotopic (exact) mass is 236 g/mol. The predicted molar refractivity (Wildman–Crippen MR) is 65.4 cm³/mol. The van der Waals surface area contributed by atoms with Gasteiger partial charge in [0.15, 0.2) is 0 Å². The Morgan fingerprint density at radius 2 is 2.06 bits per heavy atom. The fourth-order valence-corrected chi connectivity index (χ4v) is 2.50. The maximum absolute atomic E-state index is 12.0. The van der Waals surface area contributed by atoms with Crippen molar-refractivity contribution in [2.45, 2.75) is 51.7 Å². The Bertz CT molecular complexity index is 431. The SMILES string of the molecule is Cc1ccc(C2C(N)CC(=O)N2C(C)(C)C)o1. The second-order valence-electron chi connectivity index (χ2n) is 5.70. The summed E-state index contributed by atoms with van der Waals surface area (Å²) >= 11 is 0. The van der Waals surface area contributed by atoms with Crippen LogP contribution in [0.25, 0.3) is 0 Å². The lowest BCUT2D eigenvalue weighted by atomic mass is 10.0. The van der Waals surface area contributed by atoms with E-state index in [0.29, 0.717) is 6.42 Å². The van der Waals surface area contributed by atoms with Crippen LogP contribution in [0.2, 0.25) is 0 Å². The molecule has 1 fully saturated rings. The van der Waals surface area contributed by atoms with Crippen molar-refractivity contribution in [2.24, 2.45) is 5.73 Å². The van der Waals surface area contributed by atoms with Crippen molar-refractivity contribution < 1.29 is 9.21 Å². The topological polar surface area (TPSA) is 59.5 Å². The van der Waals surface area contributed by atoms with Crippen molar-refractivity contribution in [1.29, 1.82) is 0 Å². The van der Waals surface area contributed by atoms with E-state index in [1.165, 1.54) is 0 Å². The highest BCUT2D eigenvalue weighted by atomic mass is 16.3. The minimum Gasteiger partial charge on any atom is -0.464 e. The van der Waals surface area contributed by atoms with E-state index < -0.39 is 0 Å². The van der Waals surface area contributed by atoms with Gasteiger partial charge in [0.25, 0.3) is 0 Å². The molecular formula is C13H20N2O2. The molecule has 1 amide bonds. The van der Waals surface area contributed by atoms with Crippen LogP contribution in [0.4, 0.5) is 0 Å². The van der Waals surface area contributed by atoms with Crippen LogP contribution in [0.3, 0.4) is 0 Å². The molecule has 0 bridgehead atoms. The van der Waals surface area contributed by atoms with Crippen molar-refractivity contribution in [3.63, 3.8) is 0 Å². The third-order valence-corrected chi connectivity index (χ3v) is 3.14. The number of nitrogens with zero attached hydrogens (tertiary/aromatic N) is 1. The molecule has 2 unspecified atom stereocenters. The zero-order valence-corrected chi connectivity index (χ0v) is 10.9. The number of likely N-dealkylation sites (tertiary alicyclic amines) is 1. The van der Waals surface area contributed by atoms with Crippen LogP contribution in [0, 0.1) is 6.92 Å². The first-order chi connectivity index (χ1) is 7.80. The van der Waals surface area contributed by atoms with Gasteiger partial charge in [-0.15, -0.1) is 0 Å². The molecule has 94 valence electrons. The summed E-state index contributed by atoms with van der Waals surface area (Å²) in [4.78, 5) is 13.9. The van der Waals surface area contributed by atoms with Crippen molar-refractivity contribution in [1.82, 2.24) is 4.90 Å². The van der Waals surface area contributed by atoms with Gasteiger partial charge in [0.1, 0.15) is 17.6 Å². The Labute approximate surface area is 102 Å². The quantitative estimate of drug-likeness (QED) is 0.811. The van der Waals surface area contributed by atoms with Crippen molar-refractivity contribution in [3.05, 3.63) is 23.7 Å². The molecule has 1 aliphatic heterocycles. The molecule has 4 nitrogen and oxygen atoms in total. The lowest BCUT2D eigenvalue weighted by molar-refractivity contribution is -0.134. The lowest BCUT2D eigenvalue weighted by Crippen LogP contribution is -2.45. The van der Waals surface area contributed by atoms with Crippen LogP contribution in [0.15, 0.2) is 16.5 Å². The Balaban J connectivity index is 2.39. The number of carbonyl (C=O) groups excluding carboxylic acids is 1. The molecule has 0 aromatic carbocycles. The zero-order valence-electron chi connectivity index (χ0n) is 10.9. The van der Waals surface area contributed by atoms with Gasteiger partial charge in [0.05, 0.1) is 0 Å². The molecule has 0 radical (unpaired) electrons. The first-order valence-electron chi connectivity index (χ1n) is 5.95. The number of furan rings is 1. The number of nitrogens with two attached hydrogens (primary N) is 1. The molecular weight excluding hydrogens is 216 g/mol. The summed E-state index contributed by atoms with van der Waals surface area (Å²) in [5.74, 6) is 1.74. The number of amides is 1. The minimum absolute atomic E-state index is 0.101.